The topological polar surface area (TPSA) is 67.2 Å². The van der Waals surface area contributed by atoms with Gasteiger partial charge in [0.1, 0.15) is 0 Å². The predicted octanol–water partition coefficient (Wildman–Crippen LogP) is 1.62. The number of aromatic amines is 1. The van der Waals surface area contributed by atoms with E-state index in [9.17, 15) is 0 Å². The lowest BCUT2D eigenvalue weighted by atomic mass is 10.2. The summed E-state index contributed by atoms with van der Waals surface area (Å²) in [5.74, 6) is 0. The molecular formula is C12H18N4O. The summed E-state index contributed by atoms with van der Waals surface area (Å²) in [5, 5.41) is 8.00. The molecule has 3 N–H and O–H groups in total. The zero-order valence-electron chi connectivity index (χ0n) is 10.2. The van der Waals surface area contributed by atoms with Crippen molar-refractivity contribution in [3.05, 3.63) is 18.3 Å². The van der Waals surface area contributed by atoms with Gasteiger partial charge in [-0.25, -0.2) is 0 Å². The molecule has 0 atom stereocenters. The van der Waals surface area contributed by atoms with E-state index in [-0.39, 0.29) is 0 Å². The molecule has 5 nitrogen and oxygen atoms in total. The van der Waals surface area contributed by atoms with E-state index in [0.29, 0.717) is 6.61 Å². The van der Waals surface area contributed by atoms with E-state index in [2.05, 4.69) is 22.0 Å². The second-order valence-corrected chi connectivity index (χ2v) is 3.94. The number of hydrogen-bond acceptors (Lipinski definition) is 4. The Morgan fingerprint density at radius 1 is 1.47 bits per heavy atom. The average molecular weight is 234 g/mol. The molecule has 2 aromatic rings. The highest BCUT2D eigenvalue weighted by molar-refractivity contribution is 5.88. The van der Waals surface area contributed by atoms with Gasteiger partial charge < -0.3 is 15.4 Å². The summed E-state index contributed by atoms with van der Waals surface area (Å²) in [4.78, 5) is 2.19. The lowest BCUT2D eigenvalue weighted by Crippen LogP contribution is -2.27. The van der Waals surface area contributed by atoms with E-state index in [4.69, 9.17) is 10.5 Å². The molecule has 0 unspecified atom stereocenters. The Morgan fingerprint density at radius 3 is 3.00 bits per heavy atom. The fourth-order valence-electron chi connectivity index (χ4n) is 1.92. The normalized spacial score (nSPS) is 10.9. The Balaban J connectivity index is 2.34. The van der Waals surface area contributed by atoms with Crippen molar-refractivity contribution in [3.63, 3.8) is 0 Å². The third-order valence-electron chi connectivity index (χ3n) is 2.88. The van der Waals surface area contributed by atoms with Gasteiger partial charge in [-0.2, -0.15) is 5.10 Å². The van der Waals surface area contributed by atoms with E-state index < -0.39 is 0 Å². The number of rotatable bonds is 5. The monoisotopic (exact) mass is 234 g/mol. The van der Waals surface area contributed by atoms with Gasteiger partial charge in [-0.15, -0.1) is 0 Å². The van der Waals surface area contributed by atoms with Crippen molar-refractivity contribution in [2.45, 2.75) is 6.92 Å². The van der Waals surface area contributed by atoms with Crippen molar-refractivity contribution in [3.8, 4) is 0 Å². The zero-order valence-corrected chi connectivity index (χ0v) is 10.2. The van der Waals surface area contributed by atoms with Crippen LogP contribution in [0.5, 0.6) is 0 Å². The van der Waals surface area contributed by atoms with E-state index in [1.165, 1.54) is 0 Å². The molecule has 0 fully saturated rings. The molecule has 17 heavy (non-hydrogen) atoms. The molecule has 0 aliphatic heterocycles. The molecule has 0 amide bonds. The van der Waals surface area contributed by atoms with Crippen LogP contribution in [0.2, 0.25) is 0 Å². The fraction of sp³-hybridized carbons (Fsp3) is 0.417. The number of H-pyrrole nitrogens is 1. The number of anilines is 2. The van der Waals surface area contributed by atoms with Gasteiger partial charge in [0.25, 0.3) is 0 Å². The first-order chi connectivity index (χ1) is 8.26. The highest BCUT2D eigenvalue weighted by atomic mass is 16.5. The van der Waals surface area contributed by atoms with Crippen molar-refractivity contribution < 1.29 is 4.74 Å². The molecule has 1 heterocycles. The summed E-state index contributed by atoms with van der Waals surface area (Å²) >= 11 is 0. The molecule has 2 rings (SSSR count). The number of hydrogen-bond donors (Lipinski definition) is 2. The number of ether oxygens (including phenoxy) is 1. The molecule has 0 aliphatic carbocycles. The number of nitrogens with zero attached hydrogens (tertiary/aromatic N) is 2. The van der Waals surface area contributed by atoms with Crippen molar-refractivity contribution in [2.24, 2.45) is 0 Å². The summed E-state index contributed by atoms with van der Waals surface area (Å²) in [5.41, 5.74) is 8.88. The smallest absolute Gasteiger partial charge is 0.0672 e. The van der Waals surface area contributed by atoms with Crippen LogP contribution >= 0.6 is 0 Å². The SMILES string of the molecule is CCN(CCOC)c1cc2[nH]ncc2cc1N. The first-order valence-corrected chi connectivity index (χ1v) is 5.72. The van der Waals surface area contributed by atoms with Gasteiger partial charge in [0.05, 0.1) is 29.7 Å². The van der Waals surface area contributed by atoms with Crippen LogP contribution in [0, 0.1) is 0 Å². The van der Waals surface area contributed by atoms with Gasteiger partial charge in [0, 0.05) is 25.6 Å². The molecule has 0 saturated carbocycles. The summed E-state index contributed by atoms with van der Waals surface area (Å²) in [6, 6.07) is 3.99. The van der Waals surface area contributed by atoms with Crippen LogP contribution < -0.4 is 10.6 Å². The zero-order chi connectivity index (χ0) is 12.3. The van der Waals surface area contributed by atoms with Crippen LogP contribution in [-0.4, -0.2) is 37.0 Å². The highest BCUT2D eigenvalue weighted by Crippen LogP contribution is 2.27. The van der Waals surface area contributed by atoms with Crippen molar-refractivity contribution in [1.29, 1.82) is 0 Å². The molecule has 5 heteroatoms. The fourth-order valence-corrected chi connectivity index (χ4v) is 1.92. The first-order valence-electron chi connectivity index (χ1n) is 5.72. The van der Waals surface area contributed by atoms with Crippen LogP contribution in [0.3, 0.4) is 0 Å². The van der Waals surface area contributed by atoms with Crippen LogP contribution in [0.1, 0.15) is 6.92 Å². The standard InChI is InChI=1S/C12H18N4O/c1-3-16(4-5-17-2)12-7-11-9(6-10(12)13)8-14-15-11/h6-8H,3-5,13H2,1-2H3,(H,14,15). The Kier molecular flexibility index (Phi) is 3.49. The van der Waals surface area contributed by atoms with Crippen LogP contribution in [0.25, 0.3) is 10.9 Å². The molecule has 1 aromatic carbocycles. The third-order valence-corrected chi connectivity index (χ3v) is 2.88. The molecule has 0 bridgehead atoms. The quantitative estimate of drug-likeness (QED) is 0.771. The molecule has 1 aromatic heterocycles. The summed E-state index contributed by atoms with van der Waals surface area (Å²) in [7, 11) is 1.70. The summed E-state index contributed by atoms with van der Waals surface area (Å²) in [6.45, 7) is 4.52. The molecule has 0 aliphatic rings. The molecule has 0 radical (unpaired) electrons. The number of likely N-dealkylation sites (N-methyl/N-ethyl adjacent to an activating group) is 1. The number of aromatic nitrogens is 2. The summed E-state index contributed by atoms with van der Waals surface area (Å²) in [6.07, 6.45) is 1.78. The van der Waals surface area contributed by atoms with Gasteiger partial charge in [0.2, 0.25) is 0 Å². The Morgan fingerprint density at radius 2 is 2.29 bits per heavy atom. The maximum Gasteiger partial charge on any atom is 0.0672 e. The highest BCUT2D eigenvalue weighted by Gasteiger charge is 2.10. The average Bonchev–Trinajstić information content (AvgIpc) is 2.77. The minimum atomic E-state index is 0.689. The van der Waals surface area contributed by atoms with Crippen molar-refractivity contribution in [2.75, 3.05) is 37.4 Å². The minimum Gasteiger partial charge on any atom is -0.397 e. The van der Waals surface area contributed by atoms with Crippen LogP contribution in [0.4, 0.5) is 11.4 Å². The van der Waals surface area contributed by atoms with Crippen molar-refractivity contribution in [1.82, 2.24) is 10.2 Å². The lowest BCUT2D eigenvalue weighted by molar-refractivity contribution is 0.205. The first kappa shape index (κ1) is 11.7. The van der Waals surface area contributed by atoms with Crippen molar-refractivity contribution >= 4 is 22.3 Å². The lowest BCUT2D eigenvalue weighted by Gasteiger charge is -2.24. The number of nitrogens with one attached hydrogen (secondary N) is 1. The number of nitrogens with two attached hydrogens (primary N) is 1. The number of benzene rings is 1. The number of methoxy groups -OCH3 is 1. The minimum absolute atomic E-state index is 0.689. The Hall–Kier alpha value is -1.75. The Bertz CT molecular complexity index is 494. The number of fused-ring (bicyclic) bond motifs is 1. The third kappa shape index (κ3) is 2.34. The molecular weight excluding hydrogens is 216 g/mol. The van der Waals surface area contributed by atoms with E-state index in [1.54, 1.807) is 13.3 Å². The second kappa shape index (κ2) is 5.05. The maximum absolute atomic E-state index is 6.07. The molecule has 0 spiro atoms. The van der Waals surface area contributed by atoms with Crippen LogP contribution in [0.15, 0.2) is 18.3 Å². The largest absolute Gasteiger partial charge is 0.397 e. The van der Waals surface area contributed by atoms with Gasteiger partial charge >= 0.3 is 0 Å². The second-order valence-electron chi connectivity index (χ2n) is 3.94. The maximum atomic E-state index is 6.07. The van der Waals surface area contributed by atoms with Gasteiger partial charge in [0.15, 0.2) is 0 Å². The van der Waals surface area contributed by atoms with Gasteiger partial charge in [-0.1, -0.05) is 0 Å². The Labute approximate surface area is 101 Å². The molecule has 0 saturated heterocycles. The van der Waals surface area contributed by atoms with E-state index in [1.807, 2.05) is 12.1 Å². The van der Waals surface area contributed by atoms with E-state index in [0.717, 1.165) is 35.4 Å². The van der Waals surface area contributed by atoms with E-state index >= 15 is 0 Å². The summed E-state index contributed by atoms with van der Waals surface area (Å²) < 4.78 is 5.11. The number of nitrogen functional groups attached to an aromatic ring is 1. The van der Waals surface area contributed by atoms with Gasteiger partial charge in [-0.3, -0.25) is 5.10 Å². The van der Waals surface area contributed by atoms with Gasteiger partial charge in [-0.05, 0) is 19.1 Å². The molecule has 92 valence electrons. The predicted molar refractivity (Wildman–Crippen MR) is 70.3 cm³/mol. The van der Waals surface area contributed by atoms with Crippen LogP contribution in [-0.2, 0) is 4.74 Å².